The van der Waals surface area contributed by atoms with E-state index >= 15 is 0 Å². The Kier molecular flexibility index (Phi) is 5.25. The van der Waals surface area contributed by atoms with E-state index in [0.29, 0.717) is 6.04 Å². The molecule has 0 spiro atoms. The summed E-state index contributed by atoms with van der Waals surface area (Å²) in [7, 11) is 0. The molecule has 0 aliphatic heterocycles. The lowest BCUT2D eigenvalue weighted by molar-refractivity contribution is 0.167. The summed E-state index contributed by atoms with van der Waals surface area (Å²) in [6.45, 7) is 2.98. The number of para-hydroxylation sites is 1. The largest absolute Gasteiger partial charge is 0.322 e. The van der Waals surface area contributed by atoms with Crippen LogP contribution in [-0.4, -0.2) is 23.5 Å². The van der Waals surface area contributed by atoms with E-state index in [2.05, 4.69) is 12.2 Å². The first-order valence-electron chi connectivity index (χ1n) is 7.44. The van der Waals surface area contributed by atoms with Crippen LogP contribution in [0.3, 0.4) is 0 Å². The van der Waals surface area contributed by atoms with Gasteiger partial charge in [0.15, 0.2) is 0 Å². The summed E-state index contributed by atoms with van der Waals surface area (Å²) < 4.78 is 0. The van der Waals surface area contributed by atoms with Gasteiger partial charge in [-0.25, -0.2) is 4.79 Å². The van der Waals surface area contributed by atoms with Crippen LogP contribution in [-0.2, 0) is 0 Å². The van der Waals surface area contributed by atoms with E-state index < -0.39 is 0 Å². The molecule has 0 bridgehead atoms. The lowest BCUT2D eigenvalue weighted by Crippen LogP contribution is -2.44. The summed E-state index contributed by atoms with van der Waals surface area (Å²) in [6.07, 6.45) is 7.15. The van der Waals surface area contributed by atoms with E-state index in [0.717, 1.165) is 31.5 Å². The van der Waals surface area contributed by atoms with Crippen LogP contribution in [0.4, 0.5) is 10.5 Å². The van der Waals surface area contributed by atoms with E-state index in [1.807, 2.05) is 35.2 Å². The van der Waals surface area contributed by atoms with Crippen LogP contribution in [0.25, 0.3) is 0 Å². The monoisotopic (exact) mass is 260 g/mol. The molecule has 104 valence electrons. The van der Waals surface area contributed by atoms with Gasteiger partial charge in [0.05, 0.1) is 0 Å². The van der Waals surface area contributed by atoms with Crippen molar-refractivity contribution in [2.75, 3.05) is 11.9 Å². The van der Waals surface area contributed by atoms with E-state index in [1.54, 1.807) is 0 Å². The van der Waals surface area contributed by atoms with E-state index in [1.165, 1.54) is 19.3 Å². The molecular weight excluding hydrogens is 236 g/mol. The Morgan fingerprint density at radius 1 is 1.21 bits per heavy atom. The van der Waals surface area contributed by atoms with E-state index in [4.69, 9.17) is 0 Å². The Hall–Kier alpha value is -1.51. The SMILES string of the molecule is CCCN(C(=O)Nc1ccccc1)C1CCCCC1. The summed E-state index contributed by atoms with van der Waals surface area (Å²) in [5, 5.41) is 3.01. The number of carbonyl (C=O) groups excluding carboxylic acids is 1. The number of hydrogen-bond acceptors (Lipinski definition) is 1. The van der Waals surface area contributed by atoms with Gasteiger partial charge in [0.2, 0.25) is 0 Å². The quantitative estimate of drug-likeness (QED) is 0.861. The first-order chi connectivity index (χ1) is 9.31. The standard InChI is InChI=1S/C16H24N2O/c1-2-13-18(15-11-7-4-8-12-15)16(19)17-14-9-5-3-6-10-14/h3,5-6,9-10,15H,2,4,7-8,11-13H2,1H3,(H,17,19). The number of hydrogen-bond donors (Lipinski definition) is 1. The molecule has 1 aliphatic carbocycles. The Morgan fingerprint density at radius 3 is 2.53 bits per heavy atom. The third-order valence-electron chi connectivity index (χ3n) is 3.77. The van der Waals surface area contributed by atoms with Gasteiger partial charge in [-0.3, -0.25) is 0 Å². The highest BCUT2D eigenvalue weighted by Crippen LogP contribution is 2.23. The lowest BCUT2D eigenvalue weighted by atomic mass is 9.94. The second kappa shape index (κ2) is 7.17. The van der Waals surface area contributed by atoms with Gasteiger partial charge in [0, 0.05) is 18.3 Å². The Morgan fingerprint density at radius 2 is 1.89 bits per heavy atom. The van der Waals surface area contributed by atoms with Crippen LogP contribution in [0.1, 0.15) is 45.4 Å². The van der Waals surface area contributed by atoms with Gasteiger partial charge in [-0.1, -0.05) is 44.4 Å². The van der Waals surface area contributed by atoms with Crippen LogP contribution in [0, 0.1) is 0 Å². The molecule has 1 N–H and O–H groups in total. The van der Waals surface area contributed by atoms with E-state index in [-0.39, 0.29) is 6.03 Å². The minimum atomic E-state index is 0.0555. The number of nitrogens with one attached hydrogen (secondary N) is 1. The minimum absolute atomic E-state index is 0.0555. The second-order valence-electron chi connectivity index (χ2n) is 5.28. The molecule has 19 heavy (non-hydrogen) atoms. The average Bonchev–Trinajstić information content (AvgIpc) is 2.46. The molecule has 0 heterocycles. The van der Waals surface area contributed by atoms with Crippen molar-refractivity contribution in [3.05, 3.63) is 30.3 Å². The fraction of sp³-hybridized carbons (Fsp3) is 0.562. The molecular formula is C16H24N2O. The van der Waals surface area contributed by atoms with Crippen molar-refractivity contribution in [2.24, 2.45) is 0 Å². The van der Waals surface area contributed by atoms with Gasteiger partial charge in [-0.15, -0.1) is 0 Å². The molecule has 0 atom stereocenters. The fourth-order valence-electron chi connectivity index (χ4n) is 2.80. The smallest absolute Gasteiger partial charge is 0.322 e. The van der Waals surface area contributed by atoms with Crippen molar-refractivity contribution < 1.29 is 4.79 Å². The first kappa shape index (κ1) is 13.9. The van der Waals surface area contributed by atoms with Crippen molar-refractivity contribution in [1.82, 2.24) is 4.90 Å². The van der Waals surface area contributed by atoms with Gasteiger partial charge in [-0.05, 0) is 31.4 Å². The van der Waals surface area contributed by atoms with Crippen molar-refractivity contribution >= 4 is 11.7 Å². The zero-order valence-corrected chi connectivity index (χ0v) is 11.8. The Labute approximate surface area is 116 Å². The molecule has 0 aromatic heterocycles. The number of nitrogens with zero attached hydrogens (tertiary/aromatic N) is 1. The number of urea groups is 1. The molecule has 0 saturated heterocycles. The summed E-state index contributed by atoms with van der Waals surface area (Å²) in [6, 6.07) is 10.2. The molecule has 2 amide bonds. The van der Waals surface area contributed by atoms with Crippen LogP contribution in [0.5, 0.6) is 0 Å². The zero-order valence-electron chi connectivity index (χ0n) is 11.8. The van der Waals surface area contributed by atoms with Crippen LogP contribution >= 0.6 is 0 Å². The van der Waals surface area contributed by atoms with Crippen molar-refractivity contribution in [1.29, 1.82) is 0 Å². The summed E-state index contributed by atoms with van der Waals surface area (Å²) in [5.41, 5.74) is 0.879. The van der Waals surface area contributed by atoms with Crippen LogP contribution in [0.15, 0.2) is 30.3 Å². The molecule has 1 saturated carbocycles. The first-order valence-corrected chi connectivity index (χ1v) is 7.44. The molecule has 1 aromatic rings. The molecule has 0 radical (unpaired) electrons. The molecule has 0 unspecified atom stereocenters. The van der Waals surface area contributed by atoms with Gasteiger partial charge in [0.25, 0.3) is 0 Å². The maximum atomic E-state index is 12.4. The van der Waals surface area contributed by atoms with Gasteiger partial charge < -0.3 is 10.2 Å². The predicted molar refractivity (Wildman–Crippen MR) is 79.3 cm³/mol. The molecule has 3 nitrogen and oxygen atoms in total. The lowest BCUT2D eigenvalue weighted by Gasteiger charge is -2.34. The predicted octanol–water partition coefficient (Wildman–Crippen LogP) is 4.26. The van der Waals surface area contributed by atoms with Gasteiger partial charge in [-0.2, -0.15) is 0 Å². The average molecular weight is 260 g/mol. The highest BCUT2D eigenvalue weighted by molar-refractivity contribution is 5.89. The number of anilines is 1. The summed E-state index contributed by atoms with van der Waals surface area (Å²) in [5.74, 6) is 0. The molecule has 1 fully saturated rings. The summed E-state index contributed by atoms with van der Waals surface area (Å²) in [4.78, 5) is 14.5. The molecule has 2 rings (SSSR count). The van der Waals surface area contributed by atoms with Crippen LogP contribution in [0.2, 0.25) is 0 Å². The summed E-state index contributed by atoms with van der Waals surface area (Å²) >= 11 is 0. The van der Waals surface area contributed by atoms with Crippen molar-refractivity contribution in [3.8, 4) is 0 Å². The van der Waals surface area contributed by atoms with Gasteiger partial charge >= 0.3 is 6.03 Å². The second-order valence-corrected chi connectivity index (χ2v) is 5.28. The Balaban J connectivity index is 1.99. The molecule has 1 aromatic carbocycles. The van der Waals surface area contributed by atoms with Crippen molar-refractivity contribution in [3.63, 3.8) is 0 Å². The third kappa shape index (κ3) is 3.98. The highest BCUT2D eigenvalue weighted by Gasteiger charge is 2.24. The zero-order chi connectivity index (χ0) is 13.5. The fourth-order valence-corrected chi connectivity index (χ4v) is 2.80. The maximum Gasteiger partial charge on any atom is 0.322 e. The van der Waals surface area contributed by atoms with Crippen LogP contribution < -0.4 is 5.32 Å². The topological polar surface area (TPSA) is 32.3 Å². The number of rotatable bonds is 4. The van der Waals surface area contributed by atoms with Crippen molar-refractivity contribution in [2.45, 2.75) is 51.5 Å². The number of amides is 2. The van der Waals surface area contributed by atoms with Gasteiger partial charge in [0.1, 0.15) is 0 Å². The van der Waals surface area contributed by atoms with E-state index in [9.17, 15) is 4.79 Å². The third-order valence-corrected chi connectivity index (χ3v) is 3.77. The maximum absolute atomic E-state index is 12.4. The number of benzene rings is 1. The minimum Gasteiger partial charge on any atom is -0.322 e. The molecule has 1 aliphatic rings. The normalized spacial score (nSPS) is 16.1. The highest BCUT2D eigenvalue weighted by atomic mass is 16.2. The molecule has 3 heteroatoms. The number of carbonyl (C=O) groups is 1. The Bertz CT molecular complexity index is 385.